The molecule has 0 spiro atoms. The number of aryl methyl sites for hydroxylation is 1. The third-order valence-corrected chi connectivity index (χ3v) is 2.24. The predicted octanol–water partition coefficient (Wildman–Crippen LogP) is 2.05. The minimum atomic E-state index is -0.853. The summed E-state index contributed by atoms with van der Waals surface area (Å²) in [6.07, 6.45) is 0. The highest BCUT2D eigenvalue weighted by molar-refractivity contribution is 5.75. The molecule has 0 unspecified atom stereocenters. The standard InChI is InChI=1S/C11H11NO2/c1-7-5-9(8(2)11(13)14)3-4-10(7)6-12/h3-5,8H,1-2H3,(H,13,14)/t8-/m0/s1. The summed E-state index contributed by atoms with van der Waals surface area (Å²) in [6.45, 7) is 3.43. The van der Waals surface area contributed by atoms with Crippen molar-refractivity contribution in [1.29, 1.82) is 5.26 Å². The average Bonchev–Trinajstić information content (AvgIpc) is 2.16. The van der Waals surface area contributed by atoms with Gasteiger partial charge in [0.15, 0.2) is 0 Å². The Kier molecular flexibility index (Phi) is 2.88. The van der Waals surface area contributed by atoms with E-state index in [9.17, 15) is 4.79 Å². The number of carboxylic acids is 1. The first kappa shape index (κ1) is 10.3. The summed E-state index contributed by atoms with van der Waals surface area (Å²) >= 11 is 0. The number of hydrogen-bond acceptors (Lipinski definition) is 2. The Morgan fingerprint density at radius 3 is 2.64 bits per heavy atom. The number of carboxylic acid groups (broad SMARTS) is 1. The fourth-order valence-electron chi connectivity index (χ4n) is 1.22. The highest BCUT2D eigenvalue weighted by atomic mass is 16.4. The van der Waals surface area contributed by atoms with E-state index in [0.717, 1.165) is 11.1 Å². The van der Waals surface area contributed by atoms with Crippen molar-refractivity contribution in [3.05, 3.63) is 34.9 Å². The van der Waals surface area contributed by atoms with Crippen molar-refractivity contribution in [2.24, 2.45) is 0 Å². The number of hydrogen-bond donors (Lipinski definition) is 1. The third kappa shape index (κ3) is 1.91. The molecule has 0 saturated heterocycles. The molecule has 0 heterocycles. The largest absolute Gasteiger partial charge is 0.481 e. The van der Waals surface area contributed by atoms with Crippen molar-refractivity contribution in [2.45, 2.75) is 19.8 Å². The van der Waals surface area contributed by atoms with Crippen molar-refractivity contribution in [3.8, 4) is 6.07 Å². The third-order valence-electron chi connectivity index (χ3n) is 2.24. The van der Waals surface area contributed by atoms with E-state index in [1.807, 2.05) is 6.07 Å². The van der Waals surface area contributed by atoms with Crippen LogP contribution in [0.15, 0.2) is 18.2 Å². The first-order valence-electron chi connectivity index (χ1n) is 4.29. The van der Waals surface area contributed by atoms with Gasteiger partial charge in [0.2, 0.25) is 0 Å². The van der Waals surface area contributed by atoms with Crippen LogP contribution in [0.1, 0.15) is 29.5 Å². The molecule has 1 atom stereocenters. The summed E-state index contributed by atoms with van der Waals surface area (Å²) in [6, 6.07) is 7.13. The van der Waals surface area contributed by atoms with Crippen LogP contribution >= 0.6 is 0 Å². The van der Waals surface area contributed by atoms with Gasteiger partial charge >= 0.3 is 5.97 Å². The molecule has 0 saturated carbocycles. The van der Waals surface area contributed by atoms with Gasteiger partial charge in [-0.15, -0.1) is 0 Å². The summed E-state index contributed by atoms with van der Waals surface area (Å²) in [5, 5.41) is 17.5. The van der Waals surface area contributed by atoms with Crippen LogP contribution in [0.3, 0.4) is 0 Å². The maximum atomic E-state index is 10.7. The lowest BCUT2D eigenvalue weighted by Crippen LogP contribution is -2.07. The normalized spacial score (nSPS) is 11.8. The Bertz CT molecular complexity index is 404. The second kappa shape index (κ2) is 3.93. The molecule has 14 heavy (non-hydrogen) atoms. The molecule has 72 valence electrons. The van der Waals surface area contributed by atoms with E-state index >= 15 is 0 Å². The molecular weight excluding hydrogens is 178 g/mol. The highest BCUT2D eigenvalue weighted by Crippen LogP contribution is 2.18. The van der Waals surface area contributed by atoms with Crippen molar-refractivity contribution < 1.29 is 9.90 Å². The molecule has 0 aliphatic heterocycles. The quantitative estimate of drug-likeness (QED) is 0.774. The van der Waals surface area contributed by atoms with E-state index in [4.69, 9.17) is 10.4 Å². The van der Waals surface area contributed by atoms with E-state index in [1.54, 1.807) is 32.0 Å². The minimum Gasteiger partial charge on any atom is -0.481 e. The Balaban J connectivity index is 3.10. The zero-order chi connectivity index (χ0) is 10.7. The van der Waals surface area contributed by atoms with Gasteiger partial charge in [-0.1, -0.05) is 12.1 Å². The lowest BCUT2D eigenvalue weighted by atomic mass is 9.97. The van der Waals surface area contributed by atoms with E-state index in [1.165, 1.54) is 0 Å². The maximum absolute atomic E-state index is 10.7. The summed E-state index contributed by atoms with van der Waals surface area (Å²) in [4.78, 5) is 10.7. The van der Waals surface area contributed by atoms with Crippen LogP contribution in [0.2, 0.25) is 0 Å². The number of nitrogens with zero attached hydrogens (tertiary/aromatic N) is 1. The summed E-state index contributed by atoms with van der Waals surface area (Å²) < 4.78 is 0. The van der Waals surface area contributed by atoms with Crippen molar-refractivity contribution in [3.63, 3.8) is 0 Å². The van der Waals surface area contributed by atoms with Gasteiger partial charge in [0.25, 0.3) is 0 Å². The Morgan fingerprint density at radius 2 is 2.21 bits per heavy atom. The maximum Gasteiger partial charge on any atom is 0.310 e. The molecule has 0 aliphatic carbocycles. The molecule has 0 aromatic heterocycles. The molecule has 1 rings (SSSR count). The second-order valence-electron chi connectivity index (χ2n) is 3.25. The van der Waals surface area contributed by atoms with Crippen LogP contribution in [0.25, 0.3) is 0 Å². The number of rotatable bonds is 2. The minimum absolute atomic E-state index is 0.526. The number of carbonyl (C=O) groups is 1. The summed E-state index contributed by atoms with van der Waals surface area (Å²) in [5.74, 6) is -1.38. The fraction of sp³-hybridized carbons (Fsp3) is 0.273. The van der Waals surface area contributed by atoms with E-state index in [2.05, 4.69) is 0 Å². The Labute approximate surface area is 82.6 Å². The molecule has 1 N–H and O–H groups in total. The summed E-state index contributed by atoms with van der Waals surface area (Å²) in [5.41, 5.74) is 2.14. The average molecular weight is 189 g/mol. The van der Waals surface area contributed by atoms with Crippen LogP contribution < -0.4 is 0 Å². The second-order valence-corrected chi connectivity index (χ2v) is 3.25. The first-order chi connectivity index (χ1) is 6.56. The van der Waals surface area contributed by atoms with Crippen LogP contribution in [0.5, 0.6) is 0 Å². The molecule has 0 fully saturated rings. The van der Waals surface area contributed by atoms with Gasteiger partial charge in [-0.05, 0) is 31.0 Å². The Morgan fingerprint density at radius 1 is 1.57 bits per heavy atom. The van der Waals surface area contributed by atoms with E-state index in [-0.39, 0.29) is 0 Å². The lowest BCUT2D eigenvalue weighted by molar-refractivity contribution is -0.138. The topological polar surface area (TPSA) is 61.1 Å². The zero-order valence-corrected chi connectivity index (χ0v) is 8.11. The molecule has 3 heteroatoms. The zero-order valence-electron chi connectivity index (χ0n) is 8.11. The number of benzene rings is 1. The molecule has 1 aromatic rings. The van der Waals surface area contributed by atoms with E-state index in [0.29, 0.717) is 5.56 Å². The van der Waals surface area contributed by atoms with Crippen LogP contribution in [-0.2, 0) is 4.79 Å². The number of aliphatic carboxylic acids is 1. The smallest absolute Gasteiger partial charge is 0.310 e. The van der Waals surface area contributed by atoms with Gasteiger partial charge in [-0.3, -0.25) is 4.79 Å². The van der Waals surface area contributed by atoms with Gasteiger partial charge in [-0.25, -0.2) is 0 Å². The predicted molar refractivity (Wildman–Crippen MR) is 51.9 cm³/mol. The van der Waals surface area contributed by atoms with Crippen molar-refractivity contribution in [1.82, 2.24) is 0 Å². The first-order valence-corrected chi connectivity index (χ1v) is 4.29. The van der Waals surface area contributed by atoms with Gasteiger partial charge in [0.05, 0.1) is 17.6 Å². The Hall–Kier alpha value is -1.82. The van der Waals surface area contributed by atoms with Crippen molar-refractivity contribution >= 4 is 5.97 Å². The summed E-state index contributed by atoms with van der Waals surface area (Å²) in [7, 11) is 0. The lowest BCUT2D eigenvalue weighted by Gasteiger charge is -2.07. The number of nitriles is 1. The SMILES string of the molecule is Cc1cc([C@H](C)C(=O)O)ccc1C#N. The van der Waals surface area contributed by atoms with Gasteiger partial charge < -0.3 is 5.11 Å². The molecule has 0 aliphatic rings. The van der Waals surface area contributed by atoms with Crippen molar-refractivity contribution in [2.75, 3.05) is 0 Å². The molecular formula is C11H11NO2. The van der Waals surface area contributed by atoms with Gasteiger partial charge in [-0.2, -0.15) is 5.26 Å². The van der Waals surface area contributed by atoms with E-state index < -0.39 is 11.9 Å². The van der Waals surface area contributed by atoms with Crippen LogP contribution in [0.4, 0.5) is 0 Å². The van der Waals surface area contributed by atoms with Crippen LogP contribution in [0, 0.1) is 18.3 Å². The van der Waals surface area contributed by atoms with Crippen LogP contribution in [-0.4, -0.2) is 11.1 Å². The fourth-order valence-corrected chi connectivity index (χ4v) is 1.22. The monoisotopic (exact) mass is 189 g/mol. The molecule has 0 amide bonds. The molecule has 1 aromatic carbocycles. The van der Waals surface area contributed by atoms with Gasteiger partial charge in [0.1, 0.15) is 0 Å². The van der Waals surface area contributed by atoms with Gasteiger partial charge in [0, 0.05) is 0 Å². The molecule has 0 bridgehead atoms. The highest BCUT2D eigenvalue weighted by Gasteiger charge is 2.13. The molecule has 0 radical (unpaired) electrons. The molecule has 3 nitrogen and oxygen atoms in total.